The lowest BCUT2D eigenvalue weighted by Crippen LogP contribution is -2.58. The van der Waals surface area contributed by atoms with Crippen molar-refractivity contribution in [3.05, 3.63) is 0 Å². The predicted octanol–water partition coefficient (Wildman–Crippen LogP) is 3.34. The lowest BCUT2D eigenvalue weighted by molar-refractivity contribution is -0.224. The Bertz CT molecular complexity index is 628. The van der Waals surface area contributed by atoms with Crippen LogP contribution in [0, 0.1) is 29.6 Å². The SMILES string of the molecule is CC(=O)O[C@H]1[C@@H]2[C@@H]3C(C[C@H]1C)[C@@H](C)CO[C@@]1(C)C[C@@H]4C[C@](C)(C[C@@H]2O[C@@H]31)O4. The molecule has 11 atom stereocenters. The van der Waals surface area contributed by atoms with Gasteiger partial charge in [-0.2, -0.15) is 0 Å². The third kappa shape index (κ3) is 2.71. The average Bonchev–Trinajstić information content (AvgIpc) is 2.91. The summed E-state index contributed by atoms with van der Waals surface area (Å²) in [5.41, 5.74) is -0.436. The van der Waals surface area contributed by atoms with Gasteiger partial charge in [-0.1, -0.05) is 13.8 Å². The minimum Gasteiger partial charge on any atom is -0.462 e. The topological polar surface area (TPSA) is 54.0 Å². The molecular formula is C22H34O5. The molecule has 1 aliphatic carbocycles. The van der Waals surface area contributed by atoms with Gasteiger partial charge in [0.25, 0.3) is 0 Å². The van der Waals surface area contributed by atoms with Gasteiger partial charge in [0, 0.05) is 32.1 Å². The first-order valence-corrected chi connectivity index (χ1v) is 10.8. The van der Waals surface area contributed by atoms with Crippen molar-refractivity contribution in [1.82, 2.24) is 0 Å². The first kappa shape index (κ1) is 18.4. The lowest BCUT2D eigenvalue weighted by atomic mass is 9.58. The highest BCUT2D eigenvalue weighted by Gasteiger charge is 2.66. The predicted molar refractivity (Wildman–Crippen MR) is 99.1 cm³/mol. The minimum atomic E-state index is -0.321. The molecule has 0 amide bonds. The molecule has 6 aliphatic rings. The Morgan fingerprint density at radius 3 is 2.52 bits per heavy atom. The second-order valence-electron chi connectivity index (χ2n) is 10.6. The highest BCUT2D eigenvalue weighted by molar-refractivity contribution is 5.66. The monoisotopic (exact) mass is 378 g/mol. The van der Waals surface area contributed by atoms with Crippen molar-refractivity contribution in [2.24, 2.45) is 29.6 Å². The Morgan fingerprint density at radius 2 is 1.81 bits per heavy atom. The fourth-order valence-electron chi connectivity index (χ4n) is 7.29. The fraction of sp³-hybridized carbons (Fsp3) is 0.955. The van der Waals surface area contributed by atoms with Crippen LogP contribution in [0.15, 0.2) is 0 Å². The summed E-state index contributed by atoms with van der Waals surface area (Å²) < 4.78 is 25.7. The number of hydrogen-bond donors (Lipinski definition) is 0. The van der Waals surface area contributed by atoms with E-state index in [1.54, 1.807) is 0 Å². The average molecular weight is 379 g/mol. The second kappa shape index (κ2) is 5.93. The zero-order valence-electron chi connectivity index (χ0n) is 17.3. The standard InChI is InChI=1S/C22H34O5/c1-11-6-15-12(2)10-24-22(5)8-14-7-21(4,27-14)9-16-18(17(15)20(22)26-16)19(11)25-13(3)23/h11-12,14-20H,6-10H2,1-5H3/t11-,12+,14+,15?,16+,17+,18+,19-,20+,21-,22+/m1/s1. The van der Waals surface area contributed by atoms with Gasteiger partial charge in [-0.05, 0) is 43.9 Å². The summed E-state index contributed by atoms with van der Waals surface area (Å²) in [6, 6.07) is 0. The van der Waals surface area contributed by atoms with Crippen LogP contribution in [0.1, 0.15) is 60.3 Å². The molecular weight excluding hydrogens is 344 g/mol. The number of carbonyl (C=O) groups is 1. The highest BCUT2D eigenvalue weighted by atomic mass is 16.6. The normalized spacial score (nSPS) is 58.9. The van der Waals surface area contributed by atoms with E-state index in [0.717, 1.165) is 32.3 Å². The Hall–Kier alpha value is -0.650. The van der Waals surface area contributed by atoms with Crippen LogP contribution >= 0.6 is 0 Å². The van der Waals surface area contributed by atoms with Crippen LogP contribution in [0.4, 0.5) is 0 Å². The third-order valence-corrected chi connectivity index (χ3v) is 8.31. The van der Waals surface area contributed by atoms with E-state index in [4.69, 9.17) is 18.9 Å². The summed E-state index contributed by atoms with van der Waals surface area (Å²) in [7, 11) is 0. The van der Waals surface area contributed by atoms with E-state index in [0.29, 0.717) is 23.7 Å². The molecule has 6 fully saturated rings. The Kier molecular flexibility index (Phi) is 4.04. The van der Waals surface area contributed by atoms with Crippen molar-refractivity contribution in [3.8, 4) is 0 Å². The molecule has 5 heterocycles. The summed E-state index contributed by atoms with van der Waals surface area (Å²) in [5, 5.41) is 0. The van der Waals surface area contributed by atoms with E-state index >= 15 is 0 Å². The first-order valence-electron chi connectivity index (χ1n) is 10.8. The van der Waals surface area contributed by atoms with Crippen molar-refractivity contribution < 1.29 is 23.7 Å². The van der Waals surface area contributed by atoms with E-state index < -0.39 is 0 Å². The van der Waals surface area contributed by atoms with Gasteiger partial charge in [-0.3, -0.25) is 4.79 Å². The van der Waals surface area contributed by atoms with Crippen LogP contribution in [-0.4, -0.2) is 48.2 Å². The molecule has 1 saturated carbocycles. The van der Waals surface area contributed by atoms with Gasteiger partial charge in [0.05, 0.1) is 36.1 Å². The molecule has 27 heavy (non-hydrogen) atoms. The number of ether oxygens (including phenoxy) is 4. The van der Waals surface area contributed by atoms with E-state index in [1.807, 2.05) is 0 Å². The molecule has 0 spiro atoms. The molecule has 5 saturated heterocycles. The van der Waals surface area contributed by atoms with Crippen LogP contribution in [0.5, 0.6) is 0 Å². The lowest BCUT2D eigenvalue weighted by Gasteiger charge is -2.52. The van der Waals surface area contributed by atoms with Crippen molar-refractivity contribution in [2.75, 3.05) is 6.61 Å². The Balaban J connectivity index is 1.60. The van der Waals surface area contributed by atoms with Crippen LogP contribution in [0.3, 0.4) is 0 Å². The molecule has 0 aromatic carbocycles. The largest absolute Gasteiger partial charge is 0.462 e. The highest BCUT2D eigenvalue weighted by Crippen LogP contribution is 2.59. The van der Waals surface area contributed by atoms with E-state index in [1.165, 1.54) is 6.92 Å². The van der Waals surface area contributed by atoms with Crippen LogP contribution in [0.25, 0.3) is 0 Å². The molecule has 5 nitrogen and oxygen atoms in total. The van der Waals surface area contributed by atoms with Crippen molar-refractivity contribution in [3.63, 3.8) is 0 Å². The maximum Gasteiger partial charge on any atom is 0.302 e. The Labute approximate surface area is 162 Å². The number of hydrogen-bond acceptors (Lipinski definition) is 5. The number of esters is 1. The molecule has 1 unspecified atom stereocenters. The maximum atomic E-state index is 11.9. The third-order valence-electron chi connectivity index (χ3n) is 8.31. The van der Waals surface area contributed by atoms with Crippen LogP contribution in [0.2, 0.25) is 0 Å². The van der Waals surface area contributed by atoms with Crippen LogP contribution in [-0.2, 0) is 23.7 Å². The van der Waals surface area contributed by atoms with E-state index in [-0.39, 0.29) is 47.5 Å². The summed E-state index contributed by atoms with van der Waals surface area (Å²) in [6.45, 7) is 11.3. The van der Waals surface area contributed by atoms with Crippen molar-refractivity contribution in [1.29, 1.82) is 0 Å². The first-order chi connectivity index (χ1) is 12.7. The Morgan fingerprint density at radius 1 is 1.07 bits per heavy atom. The molecule has 0 aromatic heterocycles. The van der Waals surface area contributed by atoms with Gasteiger partial charge in [0.1, 0.15) is 6.10 Å². The molecule has 0 aromatic rings. The molecule has 4 bridgehead atoms. The summed E-state index contributed by atoms with van der Waals surface area (Å²) in [4.78, 5) is 11.9. The molecule has 5 heteroatoms. The fourth-order valence-corrected chi connectivity index (χ4v) is 7.29. The summed E-state index contributed by atoms with van der Waals surface area (Å²) >= 11 is 0. The molecule has 0 radical (unpaired) electrons. The molecule has 152 valence electrons. The molecule has 5 aliphatic heterocycles. The number of carbonyl (C=O) groups excluding carboxylic acids is 1. The van der Waals surface area contributed by atoms with Crippen molar-refractivity contribution >= 4 is 5.97 Å². The van der Waals surface area contributed by atoms with E-state index in [9.17, 15) is 4.79 Å². The maximum absolute atomic E-state index is 11.9. The summed E-state index contributed by atoms with van der Waals surface area (Å²) in [6.07, 6.45) is 4.31. The number of rotatable bonds is 1. The zero-order chi connectivity index (χ0) is 19.1. The smallest absolute Gasteiger partial charge is 0.302 e. The van der Waals surface area contributed by atoms with Gasteiger partial charge in [-0.15, -0.1) is 0 Å². The molecule has 6 rings (SSSR count). The molecule has 0 N–H and O–H groups in total. The van der Waals surface area contributed by atoms with Gasteiger partial charge in [0.2, 0.25) is 0 Å². The minimum absolute atomic E-state index is 0.0628. The zero-order valence-corrected chi connectivity index (χ0v) is 17.3. The van der Waals surface area contributed by atoms with Gasteiger partial charge < -0.3 is 18.9 Å². The van der Waals surface area contributed by atoms with Gasteiger partial charge in [0.15, 0.2) is 0 Å². The van der Waals surface area contributed by atoms with Crippen molar-refractivity contribution in [2.45, 2.75) is 95.9 Å². The summed E-state index contributed by atoms with van der Waals surface area (Å²) in [5.74, 6) is 1.89. The quantitative estimate of drug-likeness (QED) is 0.655. The van der Waals surface area contributed by atoms with E-state index in [2.05, 4.69) is 27.7 Å². The second-order valence-corrected chi connectivity index (χ2v) is 10.6. The van der Waals surface area contributed by atoms with Gasteiger partial charge in [-0.25, -0.2) is 0 Å². The van der Waals surface area contributed by atoms with Crippen LogP contribution < -0.4 is 0 Å². The van der Waals surface area contributed by atoms with Gasteiger partial charge >= 0.3 is 5.97 Å².